The Balaban J connectivity index is 2.69. The first-order valence-electron chi connectivity index (χ1n) is 6.01. The van der Waals surface area contributed by atoms with Crippen LogP contribution < -0.4 is 5.32 Å². The van der Waals surface area contributed by atoms with E-state index in [0.717, 1.165) is 35.7 Å². The van der Waals surface area contributed by atoms with Crippen LogP contribution in [0.4, 0.5) is 0 Å². The second-order valence-corrected chi connectivity index (χ2v) is 4.46. The highest BCUT2D eigenvalue weighted by atomic mass is 35.5. The standard InChI is InChI=1S/C13H20ClN3/c1-5-8-10(6-2)15-9-12-13(14)11(7-3)16-17(12)4/h1,10,15H,6-9H2,2-4H3. The van der Waals surface area contributed by atoms with Crippen LogP contribution in [0.5, 0.6) is 0 Å². The molecular formula is C13H20ClN3. The van der Waals surface area contributed by atoms with Crippen LogP contribution in [0.2, 0.25) is 5.02 Å². The van der Waals surface area contributed by atoms with Gasteiger partial charge in [0, 0.05) is 26.1 Å². The van der Waals surface area contributed by atoms with Gasteiger partial charge < -0.3 is 5.32 Å². The molecule has 0 aromatic carbocycles. The van der Waals surface area contributed by atoms with Gasteiger partial charge in [-0.05, 0) is 12.8 Å². The molecule has 1 atom stereocenters. The molecule has 1 aromatic heterocycles. The quantitative estimate of drug-likeness (QED) is 0.790. The van der Waals surface area contributed by atoms with Crippen LogP contribution in [0.25, 0.3) is 0 Å². The fraction of sp³-hybridized carbons (Fsp3) is 0.615. The summed E-state index contributed by atoms with van der Waals surface area (Å²) in [7, 11) is 1.92. The predicted octanol–water partition coefficient (Wildman–Crippen LogP) is 2.53. The van der Waals surface area contributed by atoms with E-state index < -0.39 is 0 Å². The number of hydrogen-bond donors (Lipinski definition) is 1. The zero-order valence-corrected chi connectivity index (χ0v) is 11.5. The maximum Gasteiger partial charge on any atom is 0.0863 e. The van der Waals surface area contributed by atoms with Crippen LogP contribution in [0, 0.1) is 12.3 Å². The van der Waals surface area contributed by atoms with Gasteiger partial charge in [0.15, 0.2) is 0 Å². The van der Waals surface area contributed by atoms with E-state index in [2.05, 4.69) is 30.2 Å². The van der Waals surface area contributed by atoms with Crippen LogP contribution in [0.1, 0.15) is 38.1 Å². The summed E-state index contributed by atoms with van der Waals surface area (Å²) >= 11 is 6.27. The van der Waals surface area contributed by atoms with Crippen molar-refractivity contribution in [2.24, 2.45) is 7.05 Å². The Bertz CT molecular complexity index is 404. The van der Waals surface area contributed by atoms with Crippen molar-refractivity contribution in [2.75, 3.05) is 0 Å². The summed E-state index contributed by atoms with van der Waals surface area (Å²) in [5, 5.41) is 8.58. The summed E-state index contributed by atoms with van der Waals surface area (Å²) in [4.78, 5) is 0. The first-order chi connectivity index (χ1) is 8.13. The number of aromatic nitrogens is 2. The van der Waals surface area contributed by atoms with Gasteiger partial charge in [0.1, 0.15) is 0 Å². The van der Waals surface area contributed by atoms with Gasteiger partial charge in [0.25, 0.3) is 0 Å². The van der Waals surface area contributed by atoms with Gasteiger partial charge in [-0.3, -0.25) is 4.68 Å². The van der Waals surface area contributed by atoms with Crippen LogP contribution in [-0.2, 0) is 20.0 Å². The molecule has 17 heavy (non-hydrogen) atoms. The molecule has 0 saturated heterocycles. The molecule has 0 spiro atoms. The van der Waals surface area contributed by atoms with E-state index in [9.17, 15) is 0 Å². The molecule has 0 fully saturated rings. The SMILES string of the molecule is C#CCC(CC)NCc1c(Cl)c(CC)nn1C. The number of aryl methyl sites for hydroxylation is 2. The summed E-state index contributed by atoms with van der Waals surface area (Å²) < 4.78 is 1.84. The van der Waals surface area contributed by atoms with E-state index in [4.69, 9.17) is 18.0 Å². The van der Waals surface area contributed by atoms with Gasteiger partial charge in [-0.1, -0.05) is 25.4 Å². The van der Waals surface area contributed by atoms with Crippen molar-refractivity contribution in [1.82, 2.24) is 15.1 Å². The first-order valence-corrected chi connectivity index (χ1v) is 6.38. The van der Waals surface area contributed by atoms with E-state index >= 15 is 0 Å². The fourth-order valence-corrected chi connectivity index (χ4v) is 2.12. The maximum atomic E-state index is 6.27. The van der Waals surface area contributed by atoms with Crippen molar-refractivity contribution in [1.29, 1.82) is 0 Å². The average molecular weight is 254 g/mol. The van der Waals surface area contributed by atoms with Crippen molar-refractivity contribution < 1.29 is 0 Å². The van der Waals surface area contributed by atoms with Crippen molar-refractivity contribution in [3.8, 4) is 12.3 Å². The second-order valence-electron chi connectivity index (χ2n) is 4.08. The third-order valence-corrected chi connectivity index (χ3v) is 3.35. The molecule has 0 aliphatic heterocycles. The van der Waals surface area contributed by atoms with E-state index in [1.165, 1.54) is 0 Å². The Kier molecular flexibility index (Phi) is 5.54. The number of hydrogen-bond acceptors (Lipinski definition) is 2. The smallest absolute Gasteiger partial charge is 0.0863 e. The van der Waals surface area contributed by atoms with Gasteiger partial charge in [0.05, 0.1) is 16.4 Å². The molecule has 3 nitrogen and oxygen atoms in total. The lowest BCUT2D eigenvalue weighted by molar-refractivity contribution is 0.492. The zero-order valence-electron chi connectivity index (χ0n) is 10.8. The van der Waals surface area contributed by atoms with Crippen LogP contribution in [0.3, 0.4) is 0 Å². The minimum absolute atomic E-state index is 0.344. The molecule has 0 radical (unpaired) electrons. The molecule has 1 unspecified atom stereocenters. The van der Waals surface area contributed by atoms with Gasteiger partial charge in [-0.2, -0.15) is 5.10 Å². The van der Waals surface area contributed by atoms with E-state index in [1.807, 2.05) is 11.7 Å². The Morgan fingerprint density at radius 2 is 2.24 bits per heavy atom. The summed E-state index contributed by atoms with van der Waals surface area (Å²) in [6.45, 7) is 4.89. The van der Waals surface area contributed by atoms with Gasteiger partial charge in [-0.15, -0.1) is 12.3 Å². The molecular weight excluding hydrogens is 234 g/mol. The third kappa shape index (κ3) is 3.49. The molecule has 1 aromatic rings. The molecule has 0 aliphatic rings. The molecule has 94 valence electrons. The minimum atomic E-state index is 0.344. The third-order valence-electron chi connectivity index (χ3n) is 2.92. The lowest BCUT2D eigenvalue weighted by atomic mass is 10.1. The summed E-state index contributed by atoms with van der Waals surface area (Å²) in [6, 6.07) is 0.344. The van der Waals surface area contributed by atoms with Crippen LogP contribution >= 0.6 is 11.6 Å². The molecule has 0 amide bonds. The Morgan fingerprint density at radius 3 is 2.71 bits per heavy atom. The summed E-state index contributed by atoms with van der Waals surface area (Å²) in [5.41, 5.74) is 1.98. The molecule has 1 N–H and O–H groups in total. The highest BCUT2D eigenvalue weighted by Gasteiger charge is 2.13. The lowest BCUT2D eigenvalue weighted by Gasteiger charge is -2.14. The highest BCUT2D eigenvalue weighted by Crippen LogP contribution is 2.20. The first kappa shape index (κ1) is 14.1. The molecule has 1 heterocycles. The van der Waals surface area contributed by atoms with E-state index in [0.29, 0.717) is 12.6 Å². The molecule has 0 bridgehead atoms. The van der Waals surface area contributed by atoms with Crippen LogP contribution in [0.15, 0.2) is 0 Å². The van der Waals surface area contributed by atoms with Gasteiger partial charge in [0.2, 0.25) is 0 Å². The van der Waals surface area contributed by atoms with Crippen molar-refractivity contribution in [2.45, 2.75) is 45.7 Å². The number of halogens is 1. The fourth-order valence-electron chi connectivity index (χ4n) is 1.76. The van der Waals surface area contributed by atoms with Crippen molar-refractivity contribution >= 4 is 11.6 Å². The summed E-state index contributed by atoms with van der Waals surface area (Å²) in [6.07, 6.45) is 7.94. The Hall–Kier alpha value is -0.980. The van der Waals surface area contributed by atoms with Crippen LogP contribution in [-0.4, -0.2) is 15.8 Å². The summed E-state index contributed by atoms with van der Waals surface area (Å²) in [5.74, 6) is 2.68. The van der Waals surface area contributed by atoms with Gasteiger partial charge in [-0.25, -0.2) is 0 Å². The topological polar surface area (TPSA) is 29.9 Å². The molecule has 1 rings (SSSR count). The van der Waals surface area contributed by atoms with Crippen molar-refractivity contribution in [3.05, 3.63) is 16.4 Å². The maximum absolute atomic E-state index is 6.27. The molecule has 0 aliphatic carbocycles. The molecule has 0 saturated carbocycles. The lowest BCUT2D eigenvalue weighted by Crippen LogP contribution is -2.28. The van der Waals surface area contributed by atoms with Gasteiger partial charge >= 0.3 is 0 Å². The number of rotatable bonds is 6. The monoisotopic (exact) mass is 253 g/mol. The Labute approximate surface area is 109 Å². The minimum Gasteiger partial charge on any atom is -0.307 e. The van der Waals surface area contributed by atoms with E-state index in [1.54, 1.807) is 0 Å². The average Bonchev–Trinajstić information content (AvgIpc) is 2.60. The number of nitrogens with zero attached hydrogens (tertiary/aromatic N) is 2. The van der Waals surface area contributed by atoms with E-state index in [-0.39, 0.29) is 0 Å². The Morgan fingerprint density at radius 1 is 1.53 bits per heavy atom. The largest absolute Gasteiger partial charge is 0.307 e. The molecule has 4 heteroatoms. The number of terminal acetylenes is 1. The van der Waals surface area contributed by atoms with Crippen molar-refractivity contribution in [3.63, 3.8) is 0 Å². The number of nitrogens with one attached hydrogen (secondary N) is 1. The highest BCUT2D eigenvalue weighted by molar-refractivity contribution is 6.31. The predicted molar refractivity (Wildman–Crippen MR) is 72.0 cm³/mol. The second kappa shape index (κ2) is 6.68. The normalized spacial score (nSPS) is 12.4. The zero-order chi connectivity index (χ0) is 12.8.